The van der Waals surface area contributed by atoms with Crippen LogP contribution in [0.5, 0.6) is 0 Å². The Morgan fingerprint density at radius 1 is 0.833 bits per heavy atom. The van der Waals surface area contributed by atoms with Crippen LogP contribution >= 0.6 is 0 Å². The number of aliphatic hydroxyl groups excluding tert-OH is 1. The van der Waals surface area contributed by atoms with E-state index in [1.54, 1.807) is 43.3 Å². The van der Waals surface area contributed by atoms with E-state index in [-0.39, 0.29) is 36.2 Å². The second kappa shape index (κ2) is 11.8. The lowest BCUT2D eigenvalue weighted by atomic mass is 9.88. The van der Waals surface area contributed by atoms with Crippen LogP contribution < -0.4 is 4.90 Å². The lowest BCUT2D eigenvalue weighted by molar-refractivity contribution is -0.378. The van der Waals surface area contributed by atoms with Gasteiger partial charge in [0.1, 0.15) is 0 Å². The van der Waals surface area contributed by atoms with Crippen molar-refractivity contribution in [3.8, 4) is 0 Å². The van der Waals surface area contributed by atoms with Crippen LogP contribution in [0, 0.1) is 0 Å². The molecule has 42 heavy (non-hydrogen) atoms. The highest BCUT2D eigenvalue weighted by Crippen LogP contribution is 2.54. The smallest absolute Gasteiger partial charge is 0.434 e. The average Bonchev–Trinajstić information content (AvgIpc) is 3.12. The van der Waals surface area contributed by atoms with Gasteiger partial charge in [-0.2, -0.15) is 26.3 Å². The SMILES string of the molecule is C[C@H](C(=O)OC(c1ccc2c(c1)CC[C@@H](O)CN2C(=O)[C@@H](C)c1ccccc1)(C(F)(F)F)C(F)(F)F)c1ccccc1. The van der Waals surface area contributed by atoms with Gasteiger partial charge in [-0.05, 0) is 55.5 Å². The maximum atomic E-state index is 14.6. The number of carbonyl (C=O) groups excluding carboxylic acids is 2. The molecule has 0 unspecified atom stereocenters. The number of hydrogen-bond donors (Lipinski definition) is 1. The summed E-state index contributed by atoms with van der Waals surface area (Å²) >= 11 is 0. The number of anilines is 1. The largest absolute Gasteiger partial charge is 0.442 e. The maximum absolute atomic E-state index is 14.6. The van der Waals surface area contributed by atoms with Crippen LogP contribution in [0.4, 0.5) is 32.0 Å². The molecule has 1 aliphatic rings. The molecule has 3 atom stereocenters. The van der Waals surface area contributed by atoms with Gasteiger partial charge in [0.2, 0.25) is 5.91 Å². The molecule has 1 heterocycles. The summed E-state index contributed by atoms with van der Waals surface area (Å²) < 4.78 is 91.8. The number of halogens is 6. The van der Waals surface area contributed by atoms with Crippen LogP contribution in [0.25, 0.3) is 0 Å². The van der Waals surface area contributed by atoms with E-state index in [4.69, 9.17) is 0 Å². The van der Waals surface area contributed by atoms with E-state index in [0.717, 1.165) is 13.0 Å². The first-order chi connectivity index (χ1) is 19.7. The van der Waals surface area contributed by atoms with Crippen molar-refractivity contribution in [1.82, 2.24) is 0 Å². The number of rotatable bonds is 6. The number of amides is 1. The van der Waals surface area contributed by atoms with Crippen molar-refractivity contribution in [2.24, 2.45) is 0 Å². The van der Waals surface area contributed by atoms with E-state index < -0.39 is 53.3 Å². The topological polar surface area (TPSA) is 66.8 Å². The third kappa shape index (κ3) is 5.88. The Hall–Kier alpha value is -3.86. The van der Waals surface area contributed by atoms with Gasteiger partial charge in [0.25, 0.3) is 0 Å². The monoisotopic (exact) mass is 593 g/mol. The Bertz CT molecular complexity index is 1390. The predicted molar refractivity (Wildman–Crippen MR) is 143 cm³/mol. The van der Waals surface area contributed by atoms with Crippen molar-refractivity contribution in [2.45, 2.75) is 62.6 Å². The van der Waals surface area contributed by atoms with E-state index in [2.05, 4.69) is 4.74 Å². The quantitative estimate of drug-likeness (QED) is 0.252. The Balaban J connectivity index is 1.80. The van der Waals surface area contributed by atoms with Gasteiger partial charge in [-0.15, -0.1) is 0 Å². The number of fused-ring (bicyclic) bond motifs is 1. The van der Waals surface area contributed by atoms with Gasteiger partial charge >= 0.3 is 23.9 Å². The zero-order valence-corrected chi connectivity index (χ0v) is 22.7. The van der Waals surface area contributed by atoms with Gasteiger partial charge in [0.05, 0.1) is 24.5 Å². The van der Waals surface area contributed by atoms with E-state index >= 15 is 0 Å². The number of hydrogen-bond acceptors (Lipinski definition) is 4. The van der Waals surface area contributed by atoms with Crippen molar-refractivity contribution in [2.75, 3.05) is 11.4 Å². The molecule has 0 saturated carbocycles. The molecular formula is C31H29F6NO4. The highest BCUT2D eigenvalue weighted by molar-refractivity contribution is 5.98. The number of carbonyl (C=O) groups is 2. The van der Waals surface area contributed by atoms with Crippen LogP contribution in [0.2, 0.25) is 0 Å². The first-order valence-electron chi connectivity index (χ1n) is 13.3. The second-order valence-electron chi connectivity index (χ2n) is 10.3. The fourth-order valence-corrected chi connectivity index (χ4v) is 5.10. The molecule has 4 rings (SSSR count). The van der Waals surface area contributed by atoms with Crippen molar-refractivity contribution in [3.63, 3.8) is 0 Å². The summed E-state index contributed by atoms with van der Waals surface area (Å²) in [6.07, 6.45) is -13.4. The minimum atomic E-state index is -6.09. The van der Waals surface area contributed by atoms with Crippen LogP contribution in [0.1, 0.15) is 54.4 Å². The molecule has 0 fully saturated rings. The molecule has 11 heteroatoms. The Morgan fingerprint density at radius 3 is 1.88 bits per heavy atom. The Morgan fingerprint density at radius 2 is 1.36 bits per heavy atom. The zero-order valence-electron chi connectivity index (χ0n) is 22.7. The van der Waals surface area contributed by atoms with Crippen molar-refractivity contribution >= 4 is 17.6 Å². The van der Waals surface area contributed by atoms with Crippen molar-refractivity contribution in [1.29, 1.82) is 0 Å². The van der Waals surface area contributed by atoms with E-state index in [0.29, 0.717) is 17.7 Å². The minimum absolute atomic E-state index is 0.0180. The highest BCUT2D eigenvalue weighted by Gasteiger charge is 2.75. The lowest BCUT2D eigenvalue weighted by Crippen LogP contribution is -2.57. The minimum Gasteiger partial charge on any atom is -0.434 e. The average molecular weight is 594 g/mol. The van der Waals surface area contributed by atoms with Crippen molar-refractivity contribution < 1.29 is 45.8 Å². The predicted octanol–water partition coefficient (Wildman–Crippen LogP) is 6.80. The fourth-order valence-electron chi connectivity index (χ4n) is 5.10. The molecule has 1 N–H and O–H groups in total. The summed E-state index contributed by atoms with van der Waals surface area (Å²) in [4.78, 5) is 27.5. The van der Waals surface area contributed by atoms with Gasteiger partial charge in [0, 0.05) is 11.3 Å². The first kappa shape index (κ1) is 31.1. The second-order valence-corrected chi connectivity index (χ2v) is 10.3. The molecule has 0 radical (unpaired) electrons. The molecule has 3 aromatic rings. The number of nitrogens with zero attached hydrogens (tertiary/aromatic N) is 1. The van der Waals surface area contributed by atoms with Crippen LogP contribution in [-0.4, -0.2) is 42.0 Å². The number of ether oxygens (including phenoxy) is 1. The molecule has 224 valence electrons. The zero-order chi connectivity index (χ0) is 30.9. The van der Waals surface area contributed by atoms with E-state index in [1.807, 2.05) is 0 Å². The first-order valence-corrected chi connectivity index (χ1v) is 13.3. The third-order valence-corrected chi connectivity index (χ3v) is 7.56. The van der Waals surface area contributed by atoms with E-state index in [9.17, 15) is 41.0 Å². The molecule has 1 amide bonds. The highest BCUT2D eigenvalue weighted by atomic mass is 19.4. The van der Waals surface area contributed by atoms with E-state index in [1.165, 1.54) is 29.2 Å². The number of β-amino-alcohol motifs (C(OH)–C–C–N with tert-alkyl or cyclic N) is 1. The van der Waals surface area contributed by atoms with Crippen LogP contribution in [0.3, 0.4) is 0 Å². The van der Waals surface area contributed by atoms with Gasteiger partial charge in [-0.3, -0.25) is 9.59 Å². The molecule has 5 nitrogen and oxygen atoms in total. The molecule has 3 aromatic carbocycles. The third-order valence-electron chi connectivity index (χ3n) is 7.56. The van der Waals surface area contributed by atoms with Gasteiger partial charge in [-0.25, -0.2) is 0 Å². The van der Waals surface area contributed by atoms with Gasteiger partial charge < -0.3 is 14.7 Å². The summed E-state index contributed by atoms with van der Waals surface area (Å²) in [5.41, 5.74) is -5.46. The molecule has 0 saturated heterocycles. The summed E-state index contributed by atoms with van der Waals surface area (Å²) in [5, 5.41) is 10.5. The molecule has 0 spiro atoms. The number of aryl methyl sites for hydroxylation is 1. The Kier molecular flexibility index (Phi) is 8.73. The van der Waals surface area contributed by atoms with Crippen LogP contribution in [-0.2, 0) is 26.3 Å². The molecule has 0 aromatic heterocycles. The molecule has 1 aliphatic heterocycles. The summed E-state index contributed by atoms with van der Waals surface area (Å²) in [7, 11) is 0. The summed E-state index contributed by atoms with van der Waals surface area (Å²) in [6, 6.07) is 18.2. The molecule has 0 aliphatic carbocycles. The maximum Gasteiger partial charge on any atom is 0.442 e. The number of alkyl halides is 6. The van der Waals surface area contributed by atoms with Crippen molar-refractivity contribution in [3.05, 3.63) is 101 Å². The van der Waals surface area contributed by atoms with Gasteiger partial charge in [-0.1, -0.05) is 66.7 Å². The summed E-state index contributed by atoms with van der Waals surface area (Å²) in [6.45, 7) is 2.58. The number of esters is 1. The molecular weight excluding hydrogens is 564 g/mol. The summed E-state index contributed by atoms with van der Waals surface area (Å²) in [5.74, 6) is -4.35. The molecule has 0 bridgehead atoms. The standard InChI is InChI=1S/C31H29F6NO4/c1-19(21-9-5-3-6-10-21)27(40)38-18-25(39)15-13-23-17-24(14-16-26(23)38)29(30(32,33)34,31(35,36)37)42-28(41)20(2)22-11-7-4-8-12-22/h3-12,14,16-17,19-20,25,39H,13,15,18H2,1-2H3/t19-,20-,25+/m0/s1. The number of aliphatic hydroxyl groups is 1. The lowest BCUT2D eigenvalue weighted by Gasteiger charge is -2.38. The Labute approximate surface area is 238 Å². The van der Waals surface area contributed by atoms with Crippen LogP contribution in [0.15, 0.2) is 78.9 Å². The number of benzene rings is 3. The normalized spacial score (nSPS) is 17.5. The fraction of sp³-hybridized carbons (Fsp3) is 0.355. The van der Waals surface area contributed by atoms with Gasteiger partial charge in [0.15, 0.2) is 0 Å².